The highest BCUT2D eigenvalue weighted by molar-refractivity contribution is 6.23. The fourth-order valence-corrected chi connectivity index (χ4v) is 2.31. The van der Waals surface area contributed by atoms with Crippen molar-refractivity contribution in [1.82, 2.24) is 10.9 Å². The number of aryl methyl sites for hydroxylation is 1. The topological polar surface area (TPSA) is 84.3 Å². The quantitative estimate of drug-likeness (QED) is 0.480. The summed E-state index contributed by atoms with van der Waals surface area (Å²) < 4.78 is 0. The molecular formula is C11H12ClN3O3. The van der Waals surface area contributed by atoms with Gasteiger partial charge < -0.3 is 0 Å². The number of amides is 1. The van der Waals surface area contributed by atoms with Gasteiger partial charge in [-0.1, -0.05) is 12.1 Å². The first kappa shape index (κ1) is 12.8. The summed E-state index contributed by atoms with van der Waals surface area (Å²) in [5, 5.41) is 10.4. The zero-order valence-electron chi connectivity index (χ0n) is 9.64. The lowest BCUT2D eigenvalue weighted by Crippen LogP contribution is -2.52. The lowest BCUT2D eigenvalue weighted by atomic mass is 9.92. The van der Waals surface area contributed by atoms with Crippen LogP contribution in [-0.4, -0.2) is 22.8 Å². The molecule has 0 bridgehead atoms. The molecule has 1 saturated heterocycles. The predicted octanol–water partition coefficient (Wildman–Crippen LogP) is 1.23. The summed E-state index contributed by atoms with van der Waals surface area (Å²) in [6.07, 6.45) is 0. The van der Waals surface area contributed by atoms with Crippen molar-refractivity contribution in [1.29, 1.82) is 0 Å². The minimum absolute atomic E-state index is 0.00250. The number of nitrogens with zero attached hydrogens (tertiary/aromatic N) is 1. The zero-order chi connectivity index (χ0) is 13.3. The number of rotatable bonds is 2. The van der Waals surface area contributed by atoms with Gasteiger partial charge in [0, 0.05) is 18.2 Å². The Balaban J connectivity index is 2.41. The number of nitro benzene ring substituents is 1. The molecule has 1 aromatic carbocycles. The van der Waals surface area contributed by atoms with Crippen LogP contribution in [0.3, 0.4) is 0 Å². The second-order valence-corrected chi connectivity index (χ2v) is 4.73. The lowest BCUT2D eigenvalue weighted by molar-refractivity contribution is -0.385. The van der Waals surface area contributed by atoms with Gasteiger partial charge in [0.05, 0.1) is 16.2 Å². The highest BCUT2D eigenvalue weighted by atomic mass is 35.5. The summed E-state index contributed by atoms with van der Waals surface area (Å²) in [6.45, 7) is 2.07. The van der Waals surface area contributed by atoms with E-state index in [9.17, 15) is 14.9 Å². The molecule has 2 atom stereocenters. The third-order valence-electron chi connectivity index (χ3n) is 2.94. The molecule has 0 aromatic heterocycles. The monoisotopic (exact) mass is 269 g/mol. The third-order valence-corrected chi connectivity index (χ3v) is 3.35. The molecule has 1 aromatic rings. The summed E-state index contributed by atoms with van der Waals surface area (Å²) in [5.74, 6) is -0.855. The zero-order valence-corrected chi connectivity index (χ0v) is 10.4. The maximum Gasteiger partial charge on any atom is 0.272 e. The molecule has 1 heterocycles. The Morgan fingerprint density at radius 3 is 2.83 bits per heavy atom. The van der Waals surface area contributed by atoms with Gasteiger partial charge in [-0.05, 0) is 12.5 Å². The molecule has 0 radical (unpaired) electrons. The molecule has 2 unspecified atom stereocenters. The molecule has 0 saturated carbocycles. The fraction of sp³-hybridized carbons (Fsp3) is 0.364. The molecule has 1 aliphatic rings. The lowest BCUT2D eigenvalue weighted by Gasteiger charge is -2.27. The maximum atomic E-state index is 11.7. The molecule has 18 heavy (non-hydrogen) atoms. The highest BCUT2D eigenvalue weighted by Gasteiger charge is 2.33. The number of hydrazine groups is 1. The number of hydrogen-bond donors (Lipinski definition) is 2. The van der Waals surface area contributed by atoms with Crippen molar-refractivity contribution in [3.05, 3.63) is 39.4 Å². The molecule has 7 heteroatoms. The molecular weight excluding hydrogens is 258 g/mol. The molecule has 1 fully saturated rings. The second kappa shape index (κ2) is 4.91. The van der Waals surface area contributed by atoms with E-state index in [0.29, 0.717) is 17.7 Å². The Morgan fingerprint density at radius 2 is 2.22 bits per heavy atom. The largest absolute Gasteiger partial charge is 0.291 e. The van der Waals surface area contributed by atoms with Crippen LogP contribution in [0.25, 0.3) is 0 Å². The normalized spacial score (nSPS) is 23.6. The van der Waals surface area contributed by atoms with E-state index in [1.807, 2.05) is 0 Å². The van der Waals surface area contributed by atoms with Crippen molar-refractivity contribution in [3.63, 3.8) is 0 Å². The van der Waals surface area contributed by atoms with Crippen LogP contribution in [-0.2, 0) is 4.79 Å². The first-order valence-corrected chi connectivity index (χ1v) is 5.86. The van der Waals surface area contributed by atoms with Gasteiger partial charge in [0.25, 0.3) is 5.69 Å². The summed E-state index contributed by atoms with van der Waals surface area (Å²) in [6, 6.07) is 4.75. The van der Waals surface area contributed by atoms with E-state index in [-0.39, 0.29) is 11.6 Å². The average Bonchev–Trinajstić information content (AvgIpc) is 2.30. The van der Waals surface area contributed by atoms with Gasteiger partial charge in [-0.2, -0.15) is 0 Å². The van der Waals surface area contributed by atoms with E-state index >= 15 is 0 Å². The van der Waals surface area contributed by atoms with Crippen molar-refractivity contribution in [2.75, 3.05) is 6.54 Å². The number of nitro groups is 1. The van der Waals surface area contributed by atoms with Gasteiger partial charge in [0.2, 0.25) is 5.91 Å². The fourth-order valence-electron chi connectivity index (χ4n) is 1.97. The van der Waals surface area contributed by atoms with Crippen molar-refractivity contribution >= 4 is 23.2 Å². The van der Waals surface area contributed by atoms with E-state index in [1.54, 1.807) is 19.1 Å². The molecule has 0 aliphatic carbocycles. The number of alkyl halides is 1. The van der Waals surface area contributed by atoms with Crippen molar-refractivity contribution in [3.8, 4) is 0 Å². The molecule has 0 spiro atoms. The van der Waals surface area contributed by atoms with Crippen molar-refractivity contribution < 1.29 is 9.72 Å². The Labute approximate surface area is 108 Å². The van der Waals surface area contributed by atoms with Crippen LogP contribution in [0.1, 0.15) is 17.0 Å². The minimum Gasteiger partial charge on any atom is -0.291 e. The number of halogens is 1. The number of benzene rings is 1. The van der Waals surface area contributed by atoms with Crippen LogP contribution in [0.4, 0.5) is 5.69 Å². The van der Waals surface area contributed by atoms with E-state index in [0.717, 1.165) is 0 Å². The van der Waals surface area contributed by atoms with Crippen LogP contribution in [0.2, 0.25) is 0 Å². The first-order valence-electron chi connectivity index (χ1n) is 5.42. The molecule has 2 N–H and O–H groups in total. The SMILES string of the molecule is Cc1ccc(C2C(=O)NNCC2Cl)cc1[N+](=O)[O-]. The summed E-state index contributed by atoms with van der Waals surface area (Å²) in [4.78, 5) is 22.2. The molecule has 96 valence electrons. The van der Waals surface area contributed by atoms with Gasteiger partial charge in [-0.25, -0.2) is 5.43 Å². The summed E-state index contributed by atoms with van der Waals surface area (Å²) in [5.41, 5.74) is 6.27. The number of hydrogen-bond acceptors (Lipinski definition) is 4. The van der Waals surface area contributed by atoms with Crippen LogP contribution in [0.15, 0.2) is 18.2 Å². The first-order chi connectivity index (χ1) is 8.50. The average molecular weight is 270 g/mol. The van der Waals surface area contributed by atoms with E-state index < -0.39 is 16.2 Å². The summed E-state index contributed by atoms with van der Waals surface area (Å²) >= 11 is 6.09. The Morgan fingerprint density at radius 1 is 1.50 bits per heavy atom. The van der Waals surface area contributed by atoms with Gasteiger partial charge in [-0.15, -0.1) is 11.6 Å². The van der Waals surface area contributed by atoms with Gasteiger partial charge in [-0.3, -0.25) is 20.3 Å². The summed E-state index contributed by atoms with van der Waals surface area (Å²) in [7, 11) is 0. The van der Waals surface area contributed by atoms with Crippen LogP contribution in [0.5, 0.6) is 0 Å². The molecule has 1 amide bonds. The van der Waals surface area contributed by atoms with Gasteiger partial charge in [0.15, 0.2) is 0 Å². The standard InChI is InChI=1S/C11H12ClN3O3/c1-6-2-3-7(4-9(6)15(17)18)10-8(12)5-13-14-11(10)16/h2-4,8,10,13H,5H2,1H3,(H,14,16). The molecule has 6 nitrogen and oxygen atoms in total. The molecule has 1 aliphatic heterocycles. The predicted molar refractivity (Wildman–Crippen MR) is 66.4 cm³/mol. The maximum absolute atomic E-state index is 11.7. The smallest absolute Gasteiger partial charge is 0.272 e. The Kier molecular flexibility index (Phi) is 3.49. The van der Waals surface area contributed by atoms with Crippen molar-refractivity contribution in [2.45, 2.75) is 18.2 Å². The van der Waals surface area contributed by atoms with E-state index in [4.69, 9.17) is 11.6 Å². The molecule has 2 rings (SSSR count). The van der Waals surface area contributed by atoms with E-state index in [1.165, 1.54) is 6.07 Å². The Bertz CT molecular complexity index is 506. The van der Waals surface area contributed by atoms with Gasteiger partial charge >= 0.3 is 0 Å². The van der Waals surface area contributed by atoms with Crippen molar-refractivity contribution in [2.24, 2.45) is 0 Å². The van der Waals surface area contributed by atoms with E-state index in [2.05, 4.69) is 10.9 Å². The third kappa shape index (κ3) is 2.30. The minimum atomic E-state index is -0.577. The van der Waals surface area contributed by atoms with Crippen LogP contribution >= 0.6 is 11.6 Å². The number of nitrogens with one attached hydrogen (secondary N) is 2. The second-order valence-electron chi connectivity index (χ2n) is 4.17. The van der Waals surface area contributed by atoms with Crippen LogP contribution < -0.4 is 10.9 Å². The van der Waals surface area contributed by atoms with Crippen LogP contribution in [0, 0.1) is 17.0 Å². The number of carbonyl (C=O) groups excluding carboxylic acids is 1. The number of carbonyl (C=O) groups is 1. The van der Waals surface area contributed by atoms with Gasteiger partial charge in [0.1, 0.15) is 0 Å². The Hall–Kier alpha value is -1.66. The highest BCUT2D eigenvalue weighted by Crippen LogP contribution is 2.29.